The lowest BCUT2D eigenvalue weighted by Crippen LogP contribution is -2.63. The lowest BCUT2D eigenvalue weighted by atomic mass is 9.93. The van der Waals surface area contributed by atoms with Gasteiger partial charge in [0.2, 0.25) is 5.91 Å². The number of likely N-dealkylation sites (tertiary alicyclic amines) is 1. The van der Waals surface area contributed by atoms with Gasteiger partial charge in [0.1, 0.15) is 18.4 Å². The number of piperazine rings is 1. The molecule has 0 radical (unpaired) electrons. The van der Waals surface area contributed by atoms with Crippen LogP contribution in [-0.4, -0.2) is 73.6 Å². The minimum atomic E-state index is -0.0979. The first kappa shape index (κ1) is 30.1. The number of nitrogens with zero attached hydrogens (tertiary/aromatic N) is 3. The van der Waals surface area contributed by atoms with Crippen molar-refractivity contribution in [2.24, 2.45) is 5.92 Å². The Morgan fingerprint density at radius 3 is 2.40 bits per heavy atom. The molecule has 1 amide bonds. The predicted molar refractivity (Wildman–Crippen MR) is 166 cm³/mol. The van der Waals surface area contributed by atoms with Crippen molar-refractivity contribution in [3.05, 3.63) is 71.8 Å². The van der Waals surface area contributed by atoms with Gasteiger partial charge < -0.3 is 24.8 Å². The summed E-state index contributed by atoms with van der Waals surface area (Å²) >= 11 is 0. The Bertz CT molecular complexity index is 1070. The van der Waals surface area contributed by atoms with E-state index in [9.17, 15) is 4.79 Å². The van der Waals surface area contributed by atoms with Crippen molar-refractivity contribution in [3.8, 4) is 5.75 Å². The Labute approximate surface area is 242 Å². The lowest BCUT2D eigenvalue weighted by molar-refractivity contribution is -0.137. The maximum atomic E-state index is 13.7. The van der Waals surface area contributed by atoms with E-state index in [0.29, 0.717) is 18.6 Å². The van der Waals surface area contributed by atoms with Crippen LogP contribution in [0, 0.1) is 5.92 Å². The third-order valence-corrected chi connectivity index (χ3v) is 8.42. The zero-order valence-corrected chi connectivity index (χ0v) is 25.3. The second-order valence-corrected chi connectivity index (χ2v) is 12.2. The number of rotatable bonds is 11. The number of piperidine rings is 1. The summed E-state index contributed by atoms with van der Waals surface area (Å²) in [6.07, 6.45) is 6.48. The molecule has 2 atom stereocenters. The van der Waals surface area contributed by atoms with Crippen LogP contribution in [0.2, 0.25) is 0 Å². The van der Waals surface area contributed by atoms with Crippen molar-refractivity contribution in [2.45, 2.75) is 78.1 Å². The third kappa shape index (κ3) is 8.34. The minimum absolute atomic E-state index is 0.0979. The van der Waals surface area contributed by atoms with E-state index in [-0.39, 0.29) is 18.0 Å². The molecule has 0 saturated carbocycles. The number of anilines is 1. The number of nitrogens with one attached hydrogen (secondary N) is 1. The second kappa shape index (κ2) is 14.7. The SMILES string of the molecule is CC(C)=CCN(c1ccc(OCc2ccccc2)cc1)C1CCN(C(=O)C2NCCN(C)C2CCC(C)C)CC1. The number of ether oxygens (including phenoxy) is 1. The van der Waals surface area contributed by atoms with Gasteiger partial charge in [0.15, 0.2) is 0 Å². The first-order valence-corrected chi connectivity index (χ1v) is 15.2. The van der Waals surface area contributed by atoms with E-state index in [1.165, 1.54) is 16.8 Å². The highest BCUT2D eigenvalue weighted by Crippen LogP contribution is 2.28. The number of likely N-dealkylation sites (N-methyl/N-ethyl adjacent to an activating group) is 1. The number of hydrogen-bond acceptors (Lipinski definition) is 5. The number of allylic oxidation sites excluding steroid dienone is 1. The van der Waals surface area contributed by atoms with Crippen LogP contribution in [0.15, 0.2) is 66.2 Å². The fourth-order valence-corrected chi connectivity index (χ4v) is 5.91. The van der Waals surface area contributed by atoms with Crippen molar-refractivity contribution in [2.75, 3.05) is 44.7 Å². The van der Waals surface area contributed by atoms with Crippen LogP contribution in [0.4, 0.5) is 5.69 Å². The molecule has 0 bridgehead atoms. The number of carbonyl (C=O) groups is 1. The zero-order valence-electron chi connectivity index (χ0n) is 25.3. The van der Waals surface area contributed by atoms with E-state index in [4.69, 9.17) is 4.74 Å². The second-order valence-electron chi connectivity index (χ2n) is 12.2. The van der Waals surface area contributed by atoms with Gasteiger partial charge in [-0.15, -0.1) is 0 Å². The maximum absolute atomic E-state index is 13.7. The molecular weight excluding hydrogens is 496 g/mol. The van der Waals surface area contributed by atoms with Crippen LogP contribution in [0.25, 0.3) is 0 Å². The molecule has 2 aliphatic rings. The number of hydrogen-bond donors (Lipinski definition) is 1. The van der Waals surface area contributed by atoms with Gasteiger partial charge in [0.25, 0.3) is 0 Å². The summed E-state index contributed by atoms with van der Waals surface area (Å²) in [5.41, 5.74) is 3.69. The van der Waals surface area contributed by atoms with Crippen LogP contribution in [0.5, 0.6) is 5.75 Å². The smallest absolute Gasteiger partial charge is 0.241 e. The summed E-state index contributed by atoms with van der Waals surface area (Å²) < 4.78 is 6.03. The fraction of sp³-hybridized carbons (Fsp3) is 0.559. The summed E-state index contributed by atoms with van der Waals surface area (Å²) in [5.74, 6) is 1.82. The molecule has 4 rings (SSSR count). The maximum Gasteiger partial charge on any atom is 0.241 e. The highest BCUT2D eigenvalue weighted by Gasteiger charge is 2.37. The highest BCUT2D eigenvalue weighted by atomic mass is 16.5. The van der Waals surface area contributed by atoms with Crippen molar-refractivity contribution in [1.29, 1.82) is 0 Å². The monoisotopic (exact) mass is 546 g/mol. The summed E-state index contributed by atoms with van der Waals surface area (Å²) in [5, 5.41) is 3.58. The van der Waals surface area contributed by atoms with Crippen LogP contribution >= 0.6 is 0 Å². The molecule has 0 spiro atoms. The van der Waals surface area contributed by atoms with E-state index >= 15 is 0 Å². The standard InChI is InChI=1S/C34H50N4O2/c1-26(2)11-16-32-33(35-20-24-36(32)5)34(39)37-21-18-30(19-22-37)38(23-17-27(3)4)29-12-14-31(15-13-29)40-25-28-9-7-6-8-10-28/h6-10,12-15,17,26,30,32-33,35H,11,16,18-25H2,1-5H3. The van der Waals surface area contributed by atoms with Crippen LogP contribution in [-0.2, 0) is 11.4 Å². The van der Waals surface area contributed by atoms with Crippen molar-refractivity contribution in [1.82, 2.24) is 15.1 Å². The van der Waals surface area contributed by atoms with Gasteiger partial charge in [-0.1, -0.05) is 55.8 Å². The average Bonchev–Trinajstić information content (AvgIpc) is 2.96. The molecule has 2 aromatic carbocycles. The molecule has 2 saturated heterocycles. The summed E-state index contributed by atoms with van der Waals surface area (Å²) in [6, 6.07) is 19.4. The number of carbonyl (C=O) groups excluding carboxylic acids is 1. The van der Waals surface area contributed by atoms with Crippen molar-refractivity contribution >= 4 is 11.6 Å². The highest BCUT2D eigenvalue weighted by molar-refractivity contribution is 5.83. The first-order valence-electron chi connectivity index (χ1n) is 15.2. The predicted octanol–water partition coefficient (Wildman–Crippen LogP) is 5.74. The normalized spacial score (nSPS) is 20.4. The molecule has 2 aliphatic heterocycles. The van der Waals surface area contributed by atoms with E-state index < -0.39 is 0 Å². The molecule has 2 heterocycles. The Hall–Kier alpha value is -2.83. The van der Waals surface area contributed by atoms with Crippen LogP contribution < -0.4 is 15.0 Å². The number of benzene rings is 2. The molecule has 6 heteroatoms. The van der Waals surface area contributed by atoms with Crippen molar-refractivity contribution in [3.63, 3.8) is 0 Å². The third-order valence-electron chi connectivity index (χ3n) is 8.42. The fourth-order valence-electron chi connectivity index (χ4n) is 5.91. The van der Waals surface area contributed by atoms with Crippen molar-refractivity contribution < 1.29 is 9.53 Å². The molecule has 2 fully saturated rings. The lowest BCUT2D eigenvalue weighted by Gasteiger charge is -2.44. The molecular formula is C34H50N4O2. The molecule has 1 N–H and O–H groups in total. The number of amides is 1. The molecule has 2 unspecified atom stereocenters. The van der Waals surface area contributed by atoms with Gasteiger partial charge in [0.05, 0.1) is 0 Å². The zero-order chi connectivity index (χ0) is 28.5. The van der Waals surface area contributed by atoms with Crippen LogP contribution in [0.3, 0.4) is 0 Å². The van der Waals surface area contributed by atoms with Gasteiger partial charge >= 0.3 is 0 Å². The van der Waals surface area contributed by atoms with Gasteiger partial charge in [-0.25, -0.2) is 0 Å². The topological polar surface area (TPSA) is 48.1 Å². The average molecular weight is 547 g/mol. The van der Waals surface area contributed by atoms with Gasteiger partial charge in [0, 0.05) is 50.5 Å². The van der Waals surface area contributed by atoms with E-state index in [2.05, 4.69) is 97.2 Å². The Morgan fingerprint density at radius 1 is 1.05 bits per heavy atom. The van der Waals surface area contributed by atoms with Gasteiger partial charge in [-0.05, 0) is 82.3 Å². The molecule has 2 aromatic rings. The molecule has 0 aliphatic carbocycles. The molecule has 6 nitrogen and oxygen atoms in total. The molecule has 40 heavy (non-hydrogen) atoms. The van der Waals surface area contributed by atoms with Crippen LogP contribution in [0.1, 0.15) is 58.9 Å². The van der Waals surface area contributed by atoms with Gasteiger partial charge in [-0.3, -0.25) is 4.79 Å². The van der Waals surface area contributed by atoms with E-state index in [0.717, 1.165) is 64.2 Å². The van der Waals surface area contributed by atoms with E-state index in [1.807, 2.05) is 18.2 Å². The summed E-state index contributed by atoms with van der Waals surface area (Å²) in [7, 11) is 2.18. The molecule has 0 aromatic heterocycles. The first-order chi connectivity index (χ1) is 19.3. The minimum Gasteiger partial charge on any atom is -0.489 e. The largest absolute Gasteiger partial charge is 0.489 e. The summed E-state index contributed by atoms with van der Waals surface area (Å²) in [4.78, 5) is 20.7. The molecule has 218 valence electrons. The summed E-state index contributed by atoms with van der Waals surface area (Å²) in [6.45, 7) is 13.8. The Kier molecular flexibility index (Phi) is 11.1. The Morgan fingerprint density at radius 2 is 1.75 bits per heavy atom. The Balaban J connectivity index is 1.38. The van der Waals surface area contributed by atoms with Gasteiger partial charge in [-0.2, -0.15) is 0 Å². The quantitative estimate of drug-likeness (QED) is 0.365. The van der Waals surface area contributed by atoms with E-state index in [1.54, 1.807) is 0 Å².